The van der Waals surface area contributed by atoms with Crippen molar-refractivity contribution in [2.75, 3.05) is 27.1 Å². The zero-order valence-electron chi connectivity index (χ0n) is 19.8. The molecule has 0 aliphatic carbocycles. The van der Waals surface area contributed by atoms with E-state index in [4.69, 9.17) is 18.9 Å². The second-order valence-electron chi connectivity index (χ2n) is 7.49. The quantitative estimate of drug-likeness (QED) is 0.186. The molecule has 3 aromatic carbocycles. The Labute approximate surface area is 210 Å². The minimum Gasteiger partial charge on any atom is -0.493 e. The number of esters is 1. The SMILES string of the molecule is COc1cc2c(=O)n(-c3ccc(F)cc3)c(SCC(=O)OCc3ccccc3)nc2c(OC)c1OC. The fourth-order valence-electron chi connectivity index (χ4n) is 3.59. The van der Waals surface area contributed by atoms with Gasteiger partial charge in [0.15, 0.2) is 16.7 Å². The summed E-state index contributed by atoms with van der Waals surface area (Å²) in [6, 6.07) is 16.2. The Balaban J connectivity index is 1.77. The molecular weight excluding hydrogens is 487 g/mol. The van der Waals surface area contributed by atoms with Crippen molar-refractivity contribution < 1.29 is 28.1 Å². The van der Waals surface area contributed by atoms with Crippen molar-refractivity contribution in [1.29, 1.82) is 0 Å². The van der Waals surface area contributed by atoms with Crippen molar-refractivity contribution in [3.8, 4) is 22.9 Å². The van der Waals surface area contributed by atoms with Crippen LogP contribution in [0.2, 0.25) is 0 Å². The first-order valence-electron chi connectivity index (χ1n) is 10.8. The van der Waals surface area contributed by atoms with Crippen molar-refractivity contribution in [2.45, 2.75) is 11.8 Å². The lowest BCUT2D eigenvalue weighted by molar-refractivity contribution is -0.141. The highest BCUT2D eigenvalue weighted by Gasteiger charge is 2.23. The second-order valence-corrected chi connectivity index (χ2v) is 8.43. The normalized spacial score (nSPS) is 10.8. The number of benzene rings is 3. The maximum Gasteiger partial charge on any atom is 0.316 e. The van der Waals surface area contributed by atoms with Crippen LogP contribution in [0.15, 0.2) is 70.6 Å². The van der Waals surface area contributed by atoms with E-state index in [0.29, 0.717) is 5.69 Å². The topological polar surface area (TPSA) is 88.9 Å². The first-order valence-corrected chi connectivity index (χ1v) is 11.8. The number of fused-ring (bicyclic) bond motifs is 1. The van der Waals surface area contributed by atoms with Crippen LogP contribution in [-0.4, -0.2) is 42.6 Å². The number of thioether (sulfide) groups is 1. The fraction of sp³-hybridized carbons (Fsp3) is 0.192. The Bertz CT molecular complexity index is 1440. The van der Waals surface area contributed by atoms with Gasteiger partial charge in [0.2, 0.25) is 5.75 Å². The summed E-state index contributed by atoms with van der Waals surface area (Å²) in [4.78, 5) is 30.8. The number of hydrogen-bond acceptors (Lipinski definition) is 8. The van der Waals surface area contributed by atoms with Gasteiger partial charge in [-0.05, 0) is 35.9 Å². The molecule has 0 unspecified atom stereocenters. The van der Waals surface area contributed by atoms with E-state index in [1.165, 1.54) is 56.2 Å². The van der Waals surface area contributed by atoms with E-state index < -0.39 is 17.3 Å². The van der Waals surface area contributed by atoms with E-state index in [2.05, 4.69) is 4.98 Å². The van der Waals surface area contributed by atoms with Crippen LogP contribution in [0.4, 0.5) is 4.39 Å². The predicted octanol–water partition coefficient (Wildman–Crippen LogP) is 4.39. The van der Waals surface area contributed by atoms with E-state index >= 15 is 0 Å². The van der Waals surface area contributed by atoms with Crippen molar-refractivity contribution in [3.63, 3.8) is 0 Å². The van der Waals surface area contributed by atoms with Crippen molar-refractivity contribution in [1.82, 2.24) is 9.55 Å². The van der Waals surface area contributed by atoms with Crippen molar-refractivity contribution in [2.24, 2.45) is 0 Å². The summed E-state index contributed by atoms with van der Waals surface area (Å²) < 4.78 is 36.6. The van der Waals surface area contributed by atoms with Gasteiger partial charge in [0.25, 0.3) is 5.56 Å². The molecule has 0 aliphatic rings. The molecule has 0 radical (unpaired) electrons. The van der Waals surface area contributed by atoms with Crippen LogP contribution in [0.1, 0.15) is 5.56 Å². The number of carbonyl (C=O) groups is 1. The number of rotatable bonds is 9. The number of hydrogen-bond donors (Lipinski definition) is 0. The summed E-state index contributed by atoms with van der Waals surface area (Å²) in [7, 11) is 4.32. The maximum absolute atomic E-state index is 13.7. The molecule has 4 rings (SSSR count). The first kappa shape index (κ1) is 25.1. The Morgan fingerprint density at radius 2 is 1.67 bits per heavy atom. The highest BCUT2D eigenvalue weighted by atomic mass is 32.2. The third kappa shape index (κ3) is 5.13. The number of methoxy groups -OCH3 is 3. The molecule has 186 valence electrons. The third-order valence-electron chi connectivity index (χ3n) is 5.28. The third-order valence-corrected chi connectivity index (χ3v) is 6.19. The lowest BCUT2D eigenvalue weighted by Crippen LogP contribution is -2.23. The molecule has 8 nitrogen and oxygen atoms in total. The molecule has 0 fully saturated rings. The van der Waals surface area contributed by atoms with E-state index in [0.717, 1.165) is 17.3 Å². The molecule has 36 heavy (non-hydrogen) atoms. The summed E-state index contributed by atoms with van der Waals surface area (Å²) in [6.45, 7) is 0.126. The molecule has 0 amide bonds. The van der Waals surface area contributed by atoms with Crippen molar-refractivity contribution >= 4 is 28.6 Å². The van der Waals surface area contributed by atoms with E-state index in [-0.39, 0.29) is 45.7 Å². The Hall–Kier alpha value is -4.05. The van der Waals surface area contributed by atoms with Crippen LogP contribution in [0.5, 0.6) is 17.2 Å². The number of halogens is 1. The predicted molar refractivity (Wildman–Crippen MR) is 134 cm³/mol. The molecule has 0 saturated carbocycles. The highest BCUT2D eigenvalue weighted by Crippen LogP contribution is 2.42. The summed E-state index contributed by atoms with van der Waals surface area (Å²) in [5.74, 6) is -0.269. The van der Waals surface area contributed by atoms with Gasteiger partial charge in [-0.2, -0.15) is 0 Å². The molecule has 0 aliphatic heterocycles. The largest absolute Gasteiger partial charge is 0.493 e. The van der Waals surface area contributed by atoms with Gasteiger partial charge in [-0.25, -0.2) is 9.37 Å². The molecule has 1 aromatic heterocycles. The van der Waals surface area contributed by atoms with Crippen molar-refractivity contribution in [3.05, 3.63) is 82.4 Å². The molecule has 1 heterocycles. The molecule has 0 spiro atoms. The van der Waals surface area contributed by atoms with Crippen LogP contribution in [-0.2, 0) is 16.1 Å². The maximum atomic E-state index is 13.7. The number of carbonyl (C=O) groups excluding carboxylic acids is 1. The molecule has 0 N–H and O–H groups in total. The summed E-state index contributed by atoms with van der Waals surface area (Å²) in [5, 5.41) is 0.395. The molecule has 0 bridgehead atoms. The number of nitrogens with zero attached hydrogens (tertiary/aromatic N) is 2. The first-order chi connectivity index (χ1) is 17.5. The molecule has 4 aromatic rings. The molecular formula is C26H23FN2O6S. The van der Waals surface area contributed by atoms with Gasteiger partial charge in [-0.3, -0.25) is 14.2 Å². The Morgan fingerprint density at radius 3 is 2.31 bits per heavy atom. The minimum atomic E-state index is -0.483. The lowest BCUT2D eigenvalue weighted by Gasteiger charge is -2.17. The van der Waals surface area contributed by atoms with Gasteiger partial charge < -0.3 is 18.9 Å². The smallest absolute Gasteiger partial charge is 0.316 e. The standard InChI is InChI=1S/C26H23FN2O6S/c1-32-20-13-19-22(24(34-3)23(20)33-2)28-26(29(25(19)31)18-11-9-17(27)10-12-18)36-15-21(30)35-14-16-7-5-4-6-8-16/h4-13H,14-15H2,1-3H3. The number of ether oxygens (including phenoxy) is 4. The van der Waals surface area contributed by atoms with Gasteiger partial charge in [0, 0.05) is 0 Å². The zero-order valence-corrected chi connectivity index (χ0v) is 20.6. The average molecular weight is 511 g/mol. The van der Waals surface area contributed by atoms with Gasteiger partial charge >= 0.3 is 5.97 Å². The summed E-state index contributed by atoms with van der Waals surface area (Å²) in [5.41, 5.74) is 1.02. The Morgan fingerprint density at radius 1 is 0.972 bits per heavy atom. The zero-order chi connectivity index (χ0) is 25.7. The molecule has 0 saturated heterocycles. The van der Waals surface area contributed by atoms with Gasteiger partial charge in [-0.1, -0.05) is 42.1 Å². The average Bonchev–Trinajstić information content (AvgIpc) is 2.91. The lowest BCUT2D eigenvalue weighted by atomic mass is 10.2. The Kier molecular flexibility index (Phi) is 7.74. The fourth-order valence-corrected chi connectivity index (χ4v) is 4.39. The highest BCUT2D eigenvalue weighted by molar-refractivity contribution is 7.99. The summed E-state index contributed by atoms with van der Waals surface area (Å²) >= 11 is 1.02. The van der Waals surface area contributed by atoms with Crippen LogP contribution in [0.25, 0.3) is 16.6 Å². The summed E-state index contributed by atoms with van der Waals surface area (Å²) in [6.07, 6.45) is 0. The van der Waals surface area contributed by atoms with Gasteiger partial charge in [0.1, 0.15) is 17.9 Å². The van der Waals surface area contributed by atoms with E-state index in [9.17, 15) is 14.0 Å². The minimum absolute atomic E-state index is 0.110. The molecule has 10 heteroatoms. The monoisotopic (exact) mass is 510 g/mol. The van der Waals surface area contributed by atoms with Gasteiger partial charge in [-0.15, -0.1) is 0 Å². The van der Waals surface area contributed by atoms with Crippen LogP contribution >= 0.6 is 11.8 Å². The van der Waals surface area contributed by atoms with E-state index in [1.807, 2.05) is 30.3 Å². The number of aromatic nitrogens is 2. The van der Waals surface area contributed by atoms with Crippen LogP contribution in [0, 0.1) is 5.82 Å². The second kappa shape index (κ2) is 11.1. The van der Waals surface area contributed by atoms with Crippen LogP contribution < -0.4 is 19.8 Å². The molecule has 0 atom stereocenters. The van der Waals surface area contributed by atoms with E-state index in [1.54, 1.807) is 0 Å². The van der Waals surface area contributed by atoms with Crippen LogP contribution in [0.3, 0.4) is 0 Å². The van der Waals surface area contributed by atoms with Gasteiger partial charge in [0.05, 0.1) is 38.2 Å².